The number of aryl methyl sites for hydroxylation is 1. The first-order valence-electron chi connectivity index (χ1n) is 5.86. The molecular formula is C13H20FNO2S. The highest BCUT2D eigenvalue weighted by molar-refractivity contribution is 7.92. The lowest BCUT2D eigenvalue weighted by atomic mass is 10.2. The Morgan fingerprint density at radius 1 is 1.28 bits per heavy atom. The van der Waals surface area contributed by atoms with E-state index in [9.17, 15) is 12.8 Å². The summed E-state index contributed by atoms with van der Waals surface area (Å²) in [6.07, 6.45) is 0. The Bertz CT molecular complexity index is 518. The maximum atomic E-state index is 13.3. The summed E-state index contributed by atoms with van der Waals surface area (Å²) >= 11 is 0. The zero-order chi connectivity index (χ0) is 14.0. The van der Waals surface area contributed by atoms with Crippen LogP contribution < -0.4 is 5.32 Å². The summed E-state index contributed by atoms with van der Waals surface area (Å²) in [6.45, 7) is 6.99. The van der Waals surface area contributed by atoms with Crippen molar-refractivity contribution in [2.24, 2.45) is 0 Å². The molecule has 0 fully saturated rings. The average molecular weight is 273 g/mol. The molecule has 0 atom stereocenters. The molecule has 0 aliphatic rings. The molecule has 5 heteroatoms. The van der Waals surface area contributed by atoms with Gasteiger partial charge in [0.05, 0.1) is 10.5 Å². The van der Waals surface area contributed by atoms with E-state index in [4.69, 9.17) is 0 Å². The van der Waals surface area contributed by atoms with Crippen LogP contribution in [0.1, 0.15) is 26.3 Å². The van der Waals surface area contributed by atoms with Gasteiger partial charge in [-0.3, -0.25) is 0 Å². The molecule has 1 N–H and O–H groups in total. The Hall–Kier alpha value is -1.10. The highest BCUT2D eigenvalue weighted by atomic mass is 32.2. The number of nitrogens with one attached hydrogen (secondary N) is 1. The molecule has 0 saturated heterocycles. The number of sulfone groups is 1. The second-order valence-corrected chi connectivity index (χ2v) is 8.18. The van der Waals surface area contributed by atoms with Crippen LogP contribution >= 0.6 is 0 Å². The van der Waals surface area contributed by atoms with Crippen molar-refractivity contribution in [1.29, 1.82) is 0 Å². The Morgan fingerprint density at radius 2 is 1.89 bits per heavy atom. The fraction of sp³-hybridized carbons (Fsp3) is 0.538. The number of hydrogen-bond acceptors (Lipinski definition) is 3. The van der Waals surface area contributed by atoms with Crippen molar-refractivity contribution in [2.75, 3.05) is 17.6 Å². The summed E-state index contributed by atoms with van der Waals surface area (Å²) in [5, 5.41) is 2.92. The molecule has 0 bridgehead atoms. The van der Waals surface area contributed by atoms with Gasteiger partial charge in [0.15, 0.2) is 9.84 Å². The first-order chi connectivity index (χ1) is 8.13. The fourth-order valence-electron chi connectivity index (χ4n) is 1.34. The molecule has 102 valence electrons. The zero-order valence-electron chi connectivity index (χ0n) is 11.2. The van der Waals surface area contributed by atoms with Crippen LogP contribution in [-0.2, 0) is 9.84 Å². The van der Waals surface area contributed by atoms with Crippen LogP contribution in [-0.4, -0.2) is 25.5 Å². The molecule has 3 nitrogen and oxygen atoms in total. The maximum absolute atomic E-state index is 13.3. The van der Waals surface area contributed by atoms with Crippen LogP contribution in [0, 0.1) is 12.7 Å². The predicted octanol–water partition coefficient (Wildman–Crippen LogP) is 2.76. The summed E-state index contributed by atoms with van der Waals surface area (Å²) in [4.78, 5) is 0. The van der Waals surface area contributed by atoms with Crippen LogP contribution in [0.4, 0.5) is 10.1 Å². The molecule has 0 radical (unpaired) electrons. The minimum Gasteiger partial charge on any atom is -0.384 e. The van der Waals surface area contributed by atoms with Crippen molar-refractivity contribution in [3.63, 3.8) is 0 Å². The molecule has 0 saturated carbocycles. The average Bonchev–Trinajstić information content (AvgIpc) is 2.21. The number of rotatable bonds is 4. The largest absolute Gasteiger partial charge is 0.384 e. The molecule has 0 aliphatic heterocycles. The van der Waals surface area contributed by atoms with Crippen LogP contribution in [0.3, 0.4) is 0 Å². The number of halogens is 1. The van der Waals surface area contributed by atoms with Gasteiger partial charge in [-0.2, -0.15) is 0 Å². The number of hydrogen-bond donors (Lipinski definition) is 1. The van der Waals surface area contributed by atoms with Crippen LogP contribution in [0.5, 0.6) is 0 Å². The van der Waals surface area contributed by atoms with Crippen molar-refractivity contribution in [1.82, 2.24) is 0 Å². The van der Waals surface area contributed by atoms with Crippen molar-refractivity contribution in [3.05, 3.63) is 29.6 Å². The predicted molar refractivity (Wildman–Crippen MR) is 73.2 cm³/mol. The molecule has 0 aliphatic carbocycles. The lowest BCUT2D eigenvalue weighted by molar-refractivity contribution is 0.560. The van der Waals surface area contributed by atoms with Crippen molar-refractivity contribution in [2.45, 2.75) is 32.4 Å². The van der Waals surface area contributed by atoms with Crippen LogP contribution in [0.15, 0.2) is 18.2 Å². The van der Waals surface area contributed by atoms with E-state index in [-0.39, 0.29) is 18.1 Å². The standard InChI is InChI=1S/C13H20FNO2S/c1-10-5-6-11(9-12(10)14)15-7-8-18(16,17)13(2,3)4/h5-6,9,15H,7-8H2,1-4H3. The summed E-state index contributed by atoms with van der Waals surface area (Å²) in [6, 6.07) is 4.77. The van der Waals surface area contributed by atoms with Gasteiger partial charge >= 0.3 is 0 Å². The molecule has 0 amide bonds. The van der Waals surface area contributed by atoms with Crippen molar-refractivity contribution in [3.8, 4) is 0 Å². The summed E-state index contributed by atoms with van der Waals surface area (Å²) in [5.74, 6) is -0.259. The highest BCUT2D eigenvalue weighted by Gasteiger charge is 2.28. The minimum absolute atomic E-state index is 0.0337. The Balaban J connectivity index is 2.60. The monoisotopic (exact) mass is 273 g/mol. The van der Waals surface area contributed by atoms with Crippen LogP contribution in [0.2, 0.25) is 0 Å². The van der Waals surface area contributed by atoms with E-state index in [1.165, 1.54) is 6.07 Å². The smallest absolute Gasteiger partial charge is 0.156 e. The van der Waals surface area contributed by atoms with Crippen LogP contribution in [0.25, 0.3) is 0 Å². The minimum atomic E-state index is -3.14. The van der Waals surface area contributed by atoms with Gasteiger partial charge in [-0.1, -0.05) is 6.07 Å². The van der Waals surface area contributed by atoms with E-state index >= 15 is 0 Å². The normalized spacial score (nSPS) is 12.5. The molecule has 0 unspecified atom stereocenters. The molecule has 0 heterocycles. The first-order valence-corrected chi connectivity index (χ1v) is 7.51. The zero-order valence-corrected chi connectivity index (χ0v) is 12.1. The Morgan fingerprint density at radius 3 is 2.39 bits per heavy atom. The molecule has 0 spiro atoms. The number of benzene rings is 1. The molecule has 18 heavy (non-hydrogen) atoms. The SMILES string of the molecule is Cc1ccc(NCCS(=O)(=O)C(C)(C)C)cc1F. The van der Waals surface area contributed by atoms with E-state index in [0.717, 1.165) is 0 Å². The fourth-order valence-corrected chi connectivity index (χ4v) is 2.32. The molecule has 1 aromatic rings. The lowest BCUT2D eigenvalue weighted by Crippen LogP contribution is -2.32. The quantitative estimate of drug-likeness (QED) is 0.917. The van der Waals surface area contributed by atoms with Crippen molar-refractivity contribution >= 4 is 15.5 Å². The van der Waals surface area contributed by atoms with Gasteiger partial charge < -0.3 is 5.32 Å². The third-order valence-electron chi connectivity index (χ3n) is 2.80. The van der Waals surface area contributed by atoms with E-state index in [0.29, 0.717) is 11.3 Å². The van der Waals surface area contributed by atoms with E-state index in [1.807, 2.05) is 0 Å². The second kappa shape index (κ2) is 5.26. The van der Waals surface area contributed by atoms with E-state index in [2.05, 4.69) is 5.32 Å². The third-order valence-corrected chi connectivity index (χ3v) is 5.41. The summed E-state index contributed by atoms with van der Waals surface area (Å²) < 4.78 is 36.2. The van der Waals surface area contributed by atoms with Gasteiger partial charge in [0, 0.05) is 12.2 Å². The Kier molecular flexibility index (Phi) is 4.37. The van der Waals surface area contributed by atoms with E-state index in [1.54, 1.807) is 39.8 Å². The molecular weight excluding hydrogens is 253 g/mol. The highest BCUT2D eigenvalue weighted by Crippen LogP contribution is 2.17. The Labute approximate surface area is 108 Å². The lowest BCUT2D eigenvalue weighted by Gasteiger charge is -2.19. The van der Waals surface area contributed by atoms with Gasteiger partial charge in [0.2, 0.25) is 0 Å². The van der Waals surface area contributed by atoms with Gasteiger partial charge in [-0.15, -0.1) is 0 Å². The van der Waals surface area contributed by atoms with Gasteiger partial charge in [0.25, 0.3) is 0 Å². The van der Waals surface area contributed by atoms with E-state index < -0.39 is 14.6 Å². The molecule has 1 rings (SSSR count). The number of anilines is 1. The summed E-state index contributed by atoms with van der Waals surface area (Å²) in [7, 11) is -3.14. The van der Waals surface area contributed by atoms with Crippen molar-refractivity contribution < 1.29 is 12.8 Å². The molecule has 0 aromatic heterocycles. The van der Waals surface area contributed by atoms with Gasteiger partial charge in [0.1, 0.15) is 5.82 Å². The maximum Gasteiger partial charge on any atom is 0.156 e. The third kappa shape index (κ3) is 3.70. The molecule has 1 aromatic carbocycles. The van der Waals surface area contributed by atoms with Gasteiger partial charge in [-0.25, -0.2) is 12.8 Å². The topological polar surface area (TPSA) is 46.2 Å². The second-order valence-electron chi connectivity index (χ2n) is 5.32. The first kappa shape index (κ1) is 15.0. The summed E-state index contributed by atoms with van der Waals surface area (Å²) in [5.41, 5.74) is 1.17. The van der Waals surface area contributed by atoms with Gasteiger partial charge in [-0.05, 0) is 45.4 Å².